The number of nitrogens with two attached hydrogens (primary N) is 2. The van der Waals surface area contributed by atoms with Crippen molar-refractivity contribution >= 4 is 11.4 Å². The predicted octanol–water partition coefficient (Wildman–Crippen LogP) is 2.88. The molecule has 1 rings (SSSR count). The van der Waals surface area contributed by atoms with E-state index in [4.69, 9.17) is 11.5 Å². The minimum absolute atomic E-state index is 0.188. The van der Waals surface area contributed by atoms with E-state index in [0.717, 1.165) is 0 Å². The van der Waals surface area contributed by atoms with Gasteiger partial charge in [-0.15, -0.1) is 0 Å². The zero-order valence-corrected chi connectivity index (χ0v) is 9.50. The Hall–Kier alpha value is -1.39. The number of nitrogen functional groups attached to an aromatic ring is 2. The third-order valence-corrected chi connectivity index (χ3v) is 2.90. The van der Waals surface area contributed by atoms with E-state index in [0.29, 0.717) is 28.1 Å². The molecule has 0 unspecified atom stereocenters. The van der Waals surface area contributed by atoms with Crippen molar-refractivity contribution in [3.8, 4) is 0 Å². The van der Waals surface area contributed by atoms with E-state index in [1.54, 1.807) is 20.8 Å². The maximum absolute atomic E-state index is 12.4. The number of anilines is 2. The average Bonchev–Trinajstić information content (AvgIpc) is 2.17. The summed E-state index contributed by atoms with van der Waals surface area (Å²) in [5.41, 5.74) is 13.9. The lowest BCUT2D eigenvalue weighted by atomic mass is 9.93. The van der Waals surface area contributed by atoms with Gasteiger partial charge in [-0.3, -0.25) is 0 Å². The normalized spacial score (nSPS) is 11.9. The highest BCUT2D eigenvalue weighted by Gasteiger charge is 2.30. The van der Waals surface area contributed by atoms with Crippen LogP contribution in [0, 0.1) is 20.8 Å². The molecule has 1 aromatic carbocycles. The molecule has 4 N–H and O–H groups in total. The van der Waals surface area contributed by atoms with E-state index in [2.05, 4.69) is 0 Å². The Bertz CT molecular complexity index is 393. The van der Waals surface area contributed by atoms with E-state index in [-0.39, 0.29) is 5.56 Å². The van der Waals surface area contributed by atoms with E-state index in [1.807, 2.05) is 0 Å². The number of halogens is 3. The van der Waals surface area contributed by atoms with Gasteiger partial charge in [0, 0.05) is 11.4 Å². The second-order valence-corrected chi connectivity index (χ2v) is 3.97. The molecule has 0 aliphatic heterocycles. The van der Waals surface area contributed by atoms with Gasteiger partial charge < -0.3 is 11.5 Å². The number of benzene rings is 1. The standard InChI is InChI=1S/C11H15F3N2/c1-5-8(4-11(12,13)14)6(2)10(16)7(3)9(5)15/h4,15-16H2,1-3H3. The molecule has 0 bridgehead atoms. The minimum atomic E-state index is -4.25. The molecule has 0 saturated carbocycles. The third kappa shape index (κ3) is 2.23. The van der Waals surface area contributed by atoms with E-state index in [1.165, 1.54) is 0 Å². The van der Waals surface area contributed by atoms with Crippen LogP contribution < -0.4 is 11.5 Å². The second-order valence-electron chi connectivity index (χ2n) is 3.97. The van der Waals surface area contributed by atoms with Gasteiger partial charge in [-0.2, -0.15) is 13.2 Å². The van der Waals surface area contributed by atoms with Crippen molar-refractivity contribution in [2.45, 2.75) is 33.4 Å². The lowest BCUT2D eigenvalue weighted by Gasteiger charge is -2.18. The van der Waals surface area contributed by atoms with Crippen LogP contribution in [0.15, 0.2) is 0 Å². The summed E-state index contributed by atoms with van der Waals surface area (Å²) >= 11 is 0. The highest BCUT2D eigenvalue weighted by molar-refractivity contribution is 5.71. The van der Waals surface area contributed by atoms with Crippen LogP contribution in [0.25, 0.3) is 0 Å². The molecule has 0 heterocycles. The van der Waals surface area contributed by atoms with E-state index in [9.17, 15) is 13.2 Å². The van der Waals surface area contributed by atoms with Crippen molar-refractivity contribution in [1.82, 2.24) is 0 Å². The molecule has 0 amide bonds. The quantitative estimate of drug-likeness (QED) is 0.731. The Morgan fingerprint density at radius 2 is 1.25 bits per heavy atom. The Kier molecular flexibility index (Phi) is 3.08. The van der Waals surface area contributed by atoms with Crippen LogP contribution in [-0.4, -0.2) is 6.18 Å². The van der Waals surface area contributed by atoms with Crippen LogP contribution in [-0.2, 0) is 6.42 Å². The maximum Gasteiger partial charge on any atom is 0.393 e. The first-order chi connectivity index (χ1) is 7.15. The Labute approximate surface area is 92.4 Å². The molecule has 0 aromatic heterocycles. The molecule has 0 aliphatic rings. The topological polar surface area (TPSA) is 52.0 Å². The summed E-state index contributed by atoms with van der Waals surface area (Å²) in [7, 11) is 0. The van der Waals surface area contributed by atoms with Gasteiger partial charge in [0.05, 0.1) is 6.42 Å². The largest absolute Gasteiger partial charge is 0.398 e. The smallest absolute Gasteiger partial charge is 0.393 e. The molecular weight excluding hydrogens is 217 g/mol. The molecule has 5 heteroatoms. The number of alkyl halides is 3. The SMILES string of the molecule is Cc1c(N)c(C)c(CC(F)(F)F)c(C)c1N. The lowest BCUT2D eigenvalue weighted by molar-refractivity contribution is -0.127. The van der Waals surface area contributed by atoms with Crippen LogP contribution in [0.2, 0.25) is 0 Å². The molecule has 0 spiro atoms. The van der Waals surface area contributed by atoms with Crippen molar-refractivity contribution in [3.63, 3.8) is 0 Å². The highest BCUT2D eigenvalue weighted by Crippen LogP contribution is 2.34. The fourth-order valence-corrected chi connectivity index (χ4v) is 1.78. The summed E-state index contributed by atoms with van der Waals surface area (Å²) in [5, 5.41) is 0. The number of hydrogen-bond acceptors (Lipinski definition) is 2. The monoisotopic (exact) mass is 232 g/mol. The first kappa shape index (κ1) is 12.7. The zero-order valence-electron chi connectivity index (χ0n) is 9.50. The van der Waals surface area contributed by atoms with E-state index >= 15 is 0 Å². The Morgan fingerprint density at radius 3 is 1.56 bits per heavy atom. The van der Waals surface area contributed by atoms with Crippen LogP contribution in [0.5, 0.6) is 0 Å². The minimum Gasteiger partial charge on any atom is -0.398 e. The Morgan fingerprint density at radius 1 is 0.875 bits per heavy atom. The second kappa shape index (κ2) is 3.88. The van der Waals surface area contributed by atoms with E-state index < -0.39 is 12.6 Å². The molecule has 90 valence electrons. The number of hydrogen-bond donors (Lipinski definition) is 2. The van der Waals surface area contributed by atoms with Gasteiger partial charge in [0.2, 0.25) is 0 Å². The molecule has 0 aliphatic carbocycles. The van der Waals surface area contributed by atoms with Gasteiger partial charge in [-0.25, -0.2) is 0 Å². The fourth-order valence-electron chi connectivity index (χ4n) is 1.78. The molecule has 1 aromatic rings. The van der Waals surface area contributed by atoms with Gasteiger partial charge in [0.15, 0.2) is 0 Å². The van der Waals surface area contributed by atoms with Crippen LogP contribution in [0.3, 0.4) is 0 Å². The van der Waals surface area contributed by atoms with Crippen molar-refractivity contribution in [2.24, 2.45) is 0 Å². The van der Waals surface area contributed by atoms with Crippen molar-refractivity contribution in [2.75, 3.05) is 11.5 Å². The van der Waals surface area contributed by atoms with Crippen molar-refractivity contribution in [1.29, 1.82) is 0 Å². The van der Waals surface area contributed by atoms with Crippen LogP contribution in [0.4, 0.5) is 24.5 Å². The average molecular weight is 232 g/mol. The lowest BCUT2D eigenvalue weighted by Crippen LogP contribution is -2.16. The van der Waals surface area contributed by atoms with Crippen LogP contribution in [0.1, 0.15) is 22.3 Å². The molecule has 16 heavy (non-hydrogen) atoms. The maximum atomic E-state index is 12.4. The van der Waals surface area contributed by atoms with Gasteiger partial charge in [-0.1, -0.05) is 0 Å². The molecule has 0 atom stereocenters. The van der Waals surface area contributed by atoms with Crippen molar-refractivity contribution < 1.29 is 13.2 Å². The molecule has 0 radical (unpaired) electrons. The predicted molar refractivity (Wildman–Crippen MR) is 59.2 cm³/mol. The van der Waals surface area contributed by atoms with Crippen molar-refractivity contribution in [3.05, 3.63) is 22.3 Å². The molecule has 0 fully saturated rings. The summed E-state index contributed by atoms with van der Waals surface area (Å²) < 4.78 is 37.2. The van der Waals surface area contributed by atoms with Gasteiger partial charge in [0.25, 0.3) is 0 Å². The molecular formula is C11H15F3N2. The molecule has 0 saturated heterocycles. The first-order valence-electron chi connectivity index (χ1n) is 4.85. The third-order valence-electron chi connectivity index (χ3n) is 2.90. The van der Waals surface area contributed by atoms with Gasteiger partial charge in [0.1, 0.15) is 0 Å². The summed E-state index contributed by atoms with van der Waals surface area (Å²) in [6.07, 6.45) is -5.23. The number of rotatable bonds is 1. The summed E-state index contributed by atoms with van der Waals surface area (Å²) in [6, 6.07) is 0. The summed E-state index contributed by atoms with van der Waals surface area (Å²) in [6.45, 7) is 4.90. The summed E-state index contributed by atoms with van der Waals surface area (Å²) in [4.78, 5) is 0. The van der Waals surface area contributed by atoms with Gasteiger partial charge >= 0.3 is 6.18 Å². The Balaban J connectivity index is 3.40. The van der Waals surface area contributed by atoms with Crippen LogP contribution >= 0.6 is 0 Å². The zero-order chi connectivity index (χ0) is 12.7. The first-order valence-corrected chi connectivity index (χ1v) is 4.85. The van der Waals surface area contributed by atoms with Gasteiger partial charge in [-0.05, 0) is 43.0 Å². The summed E-state index contributed by atoms with van der Waals surface area (Å²) in [5.74, 6) is 0. The fraction of sp³-hybridized carbons (Fsp3) is 0.455. The molecule has 2 nitrogen and oxygen atoms in total. The highest BCUT2D eigenvalue weighted by atomic mass is 19.4.